The number of thiophene rings is 1. The van der Waals surface area contributed by atoms with E-state index in [1.807, 2.05) is 11.4 Å². The van der Waals surface area contributed by atoms with E-state index in [0.29, 0.717) is 25.0 Å². The molecule has 0 amide bonds. The predicted octanol–water partition coefficient (Wildman–Crippen LogP) is 2.31. The highest BCUT2D eigenvalue weighted by Crippen LogP contribution is 2.25. The fourth-order valence-electron chi connectivity index (χ4n) is 2.33. The second-order valence-corrected chi connectivity index (χ2v) is 8.75. The minimum absolute atomic E-state index is 0. The Morgan fingerprint density at radius 1 is 1.46 bits per heavy atom. The van der Waals surface area contributed by atoms with Gasteiger partial charge >= 0.3 is 0 Å². The van der Waals surface area contributed by atoms with Crippen LogP contribution in [0.3, 0.4) is 0 Å². The molecule has 1 atom stereocenters. The topological polar surface area (TPSA) is 82.6 Å². The second-order valence-electron chi connectivity index (χ2n) is 5.84. The number of halogens is 1. The van der Waals surface area contributed by atoms with Crippen molar-refractivity contribution in [2.45, 2.75) is 32.2 Å². The Labute approximate surface area is 166 Å². The summed E-state index contributed by atoms with van der Waals surface area (Å²) in [6.07, 6.45) is 3.49. The summed E-state index contributed by atoms with van der Waals surface area (Å²) in [5, 5.41) is 8.35. The molecule has 24 heavy (non-hydrogen) atoms. The zero-order chi connectivity index (χ0) is 16.7. The summed E-state index contributed by atoms with van der Waals surface area (Å²) in [4.78, 5) is 5.35. The number of aliphatic imine (C=N–C) groups is 1. The summed E-state index contributed by atoms with van der Waals surface area (Å²) in [6.45, 7) is 2.96. The lowest BCUT2D eigenvalue weighted by Gasteiger charge is -2.25. The first-order chi connectivity index (χ1) is 11.0. The van der Waals surface area contributed by atoms with E-state index >= 15 is 0 Å². The summed E-state index contributed by atoms with van der Waals surface area (Å²) >= 11 is 1.68. The number of rotatable bonds is 8. The van der Waals surface area contributed by atoms with Crippen LogP contribution in [0.2, 0.25) is 0 Å². The van der Waals surface area contributed by atoms with Gasteiger partial charge in [0.1, 0.15) is 0 Å². The number of hydrogen-bond acceptors (Lipinski definition) is 4. The van der Waals surface area contributed by atoms with Crippen LogP contribution in [-0.2, 0) is 10.0 Å². The van der Waals surface area contributed by atoms with E-state index < -0.39 is 10.0 Å². The Bertz CT molecular complexity index is 601. The van der Waals surface area contributed by atoms with Crippen molar-refractivity contribution in [3.05, 3.63) is 22.4 Å². The first-order valence-electron chi connectivity index (χ1n) is 7.98. The minimum atomic E-state index is -3.22. The fraction of sp³-hybridized carbons (Fsp3) is 0.667. The molecule has 1 saturated carbocycles. The maximum Gasteiger partial charge on any atom is 0.213 e. The van der Waals surface area contributed by atoms with Crippen molar-refractivity contribution in [2.75, 3.05) is 25.9 Å². The first-order valence-corrected chi connectivity index (χ1v) is 10.5. The SMILES string of the molecule is CN=C(NCCS(=O)(=O)NCC1CCC1)NC(C)c1cccs1.I. The molecule has 1 aliphatic rings. The summed E-state index contributed by atoms with van der Waals surface area (Å²) in [6, 6.07) is 4.20. The minimum Gasteiger partial charge on any atom is -0.355 e. The molecule has 0 spiro atoms. The molecule has 1 aliphatic carbocycles. The molecule has 0 bridgehead atoms. The van der Waals surface area contributed by atoms with Crippen LogP contribution < -0.4 is 15.4 Å². The summed E-state index contributed by atoms with van der Waals surface area (Å²) in [5.41, 5.74) is 0. The number of hydrogen-bond donors (Lipinski definition) is 3. The molecule has 1 fully saturated rings. The van der Waals surface area contributed by atoms with Gasteiger partial charge in [0.15, 0.2) is 5.96 Å². The molecule has 0 saturated heterocycles. The van der Waals surface area contributed by atoms with Crippen molar-refractivity contribution in [3.8, 4) is 0 Å². The number of guanidine groups is 1. The third-order valence-electron chi connectivity index (χ3n) is 4.03. The van der Waals surface area contributed by atoms with Crippen molar-refractivity contribution in [1.82, 2.24) is 15.4 Å². The smallest absolute Gasteiger partial charge is 0.213 e. The van der Waals surface area contributed by atoms with Gasteiger partial charge in [0, 0.05) is 25.0 Å². The molecule has 138 valence electrons. The Balaban J connectivity index is 0.00000288. The van der Waals surface area contributed by atoms with Crippen LogP contribution in [0.4, 0.5) is 0 Å². The van der Waals surface area contributed by atoms with Crippen LogP contribution in [0, 0.1) is 5.92 Å². The third-order valence-corrected chi connectivity index (χ3v) is 6.43. The van der Waals surface area contributed by atoms with E-state index in [4.69, 9.17) is 0 Å². The van der Waals surface area contributed by atoms with Crippen LogP contribution in [0.15, 0.2) is 22.5 Å². The molecule has 1 heterocycles. The van der Waals surface area contributed by atoms with Gasteiger partial charge < -0.3 is 10.6 Å². The number of nitrogens with one attached hydrogen (secondary N) is 3. The highest BCUT2D eigenvalue weighted by Gasteiger charge is 2.20. The van der Waals surface area contributed by atoms with Gasteiger partial charge in [-0.3, -0.25) is 4.99 Å². The summed E-state index contributed by atoms with van der Waals surface area (Å²) < 4.78 is 26.6. The molecule has 3 N–H and O–H groups in total. The van der Waals surface area contributed by atoms with Crippen molar-refractivity contribution in [3.63, 3.8) is 0 Å². The standard InChI is InChI=1S/C15H26N4O2S2.HI/c1-12(14-7-4-9-22-14)19-15(16-2)17-8-10-23(20,21)18-11-13-5-3-6-13;/h4,7,9,12-13,18H,3,5-6,8,10-11H2,1-2H3,(H2,16,17,19);1H. The van der Waals surface area contributed by atoms with Crippen LogP contribution >= 0.6 is 35.3 Å². The van der Waals surface area contributed by atoms with E-state index in [1.54, 1.807) is 18.4 Å². The molecule has 1 unspecified atom stereocenters. The molecule has 1 aromatic heterocycles. The zero-order valence-electron chi connectivity index (χ0n) is 14.1. The monoisotopic (exact) mass is 486 g/mol. The van der Waals surface area contributed by atoms with Crippen LogP contribution in [-0.4, -0.2) is 40.3 Å². The largest absolute Gasteiger partial charge is 0.355 e. The van der Waals surface area contributed by atoms with Gasteiger partial charge in [0.05, 0.1) is 11.8 Å². The van der Waals surface area contributed by atoms with Crippen LogP contribution in [0.5, 0.6) is 0 Å². The molecular formula is C15H27IN4O2S2. The van der Waals surface area contributed by atoms with E-state index in [9.17, 15) is 8.42 Å². The zero-order valence-corrected chi connectivity index (χ0v) is 18.1. The first kappa shape index (κ1) is 21.7. The molecule has 9 heteroatoms. The Morgan fingerprint density at radius 3 is 2.75 bits per heavy atom. The van der Waals surface area contributed by atoms with Crippen LogP contribution in [0.25, 0.3) is 0 Å². The lowest BCUT2D eigenvalue weighted by atomic mass is 9.86. The lowest BCUT2D eigenvalue weighted by Crippen LogP contribution is -2.42. The van der Waals surface area contributed by atoms with Gasteiger partial charge in [-0.1, -0.05) is 12.5 Å². The average molecular weight is 486 g/mol. The molecular weight excluding hydrogens is 459 g/mol. The Hall–Kier alpha value is -0.390. The molecule has 0 aromatic carbocycles. The van der Waals surface area contributed by atoms with Gasteiger partial charge in [-0.2, -0.15) is 0 Å². The maximum absolute atomic E-state index is 11.9. The van der Waals surface area contributed by atoms with Crippen molar-refractivity contribution in [1.29, 1.82) is 0 Å². The second kappa shape index (κ2) is 10.6. The van der Waals surface area contributed by atoms with E-state index in [2.05, 4.69) is 33.3 Å². The normalized spacial score (nSPS) is 16.8. The molecule has 1 aromatic rings. The van der Waals surface area contributed by atoms with Crippen molar-refractivity contribution >= 4 is 51.3 Å². The van der Waals surface area contributed by atoms with Crippen LogP contribution in [0.1, 0.15) is 37.1 Å². The maximum atomic E-state index is 11.9. The van der Waals surface area contributed by atoms with Gasteiger partial charge in [-0.25, -0.2) is 13.1 Å². The quantitative estimate of drug-likeness (QED) is 0.299. The van der Waals surface area contributed by atoms with Gasteiger partial charge in [0.2, 0.25) is 10.0 Å². The van der Waals surface area contributed by atoms with Crippen molar-refractivity contribution in [2.24, 2.45) is 10.9 Å². The Kier molecular flexibility index (Phi) is 9.53. The van der Waals surface area contributed by atoms with E-state index in [1.165, 1.54) is 11.3 Å². The third kappa shape index (κ3) is 7.24. The predicted molar refractivity (Wildman–Crippen MR) is 112 cm³/mol. The van der Waals surface area contributed by atoms with E-state index in [-0.39, 0.29) is 35.8 Å². The van der Waals surface area contributed by atoms with Gasteiger partial charge in [-0.05, 0) is 37.1 Å². The molecule has 0 aliphatic heterocycles. The highest BCUT2D eigenvalue weighted by molar-refractivity contribution is 14.0. The summed E-state index contributed by atoms with van der Waals surface area (Å²) in [5.74, 6) is 1.19. The summed E-state index contributed by atoms with van der Waals surface area (Å²) in [7, 11) is -1.54. The van der Waals surface area contributed by atoms with Crippen molar-refractivity contribution < 1.29 is 8.42 Å². The average Bonchev–Trinajstić information content (AvgIpc) is 2.98. The number of sulfonamides is 1. The van der Waals surface area contributed by atoms with Gasteiger partial charge in [-0.15, -0.1) is 35.3 Å². The molecule has 6 nitrogen and oxygen atoms in total. The fourth-order valence-corrected chi connectivity index (χ4v) is 4.07. The molecule has 0 radical (unpaired) electrons. The lowest BCUT2D eigenvalue weighted by molar-refractivity contribution is 0.316. The van der Waals surface area contributed by atoms with E-state index in [0.717, 1.165) is 12.8 Å². The Morgan fingerprint density at radius 2 is 2.21 bits per heavy atom. The van der Waals surface area contributed by atoms with Gasteiger partial charge in [0.25, 0.3) is 0 Å². The highest BCUT2D eigenvalue weighted by atomic mass is 127. The molecule has 2 rings (SSSR count). The number of nitrogens with zero attached hydrogens (tertiary/aromatic N) is 1.